The maximum absolute atomic E-state index is 12.0. The highest BCUT2D eigenvalue weighted by atomic mass is 32.2. The SMILES string of the molecule is [2H]C(CN=[N+]=[N-])SC[C@H](NC(=O)CC[C@H](N)C(=O)O)C(=O)NCC(=O)O. The molecule has 1 unspecified atom stereocenters. The Labute approximate surface area is 148 Å². The maximum Gasteiger partial charge on any atom is 0.322 e. The molecule has 0 spiro atoms. The number of nitrogens with one attached hydrogen (secondary N) is 2. The van der Waals surface area contributed by atoms with Crippen molar-refractivity contribution in [1.29, 1.82) is 0 Å². The third-order valence-electron chi connectivity index (χ3n) is 2.67. The van der Waals surface area contributed by atoms with Gasteiger partial charge in [-0.25, -0.2) is 0 Å². The van der Waals surface area contributed by atoms with Crippen molar-refractivity contribution in [3.8, 4) is 0 Å². The van der Waals surface area contributed by atoms with Crippen LogP contribution in [-0.2, 0) is 19.2 Å². The molecule has 0 rings (SSSR count). The van der Waals surface area contributed by atoms with Crippen molar-refractivity contribution in [3.63, 3.8) is 0 Å². The molecule has 12 nitrogen and oxygen atoms in total. The van der Waals surface area contributed by atoms with Crippen molar-refractivity contribution in [2.45, 2.75) is 24.9 Å². The standard InChI is InChI=1S/C12H20N6O6S/c13-7(12(23)24)1-2-9(19)17-8(6-25-4-3-16-18-14)11(22)15-5-10(20)21/h7-8H,1-6,13H2,(H,15,22)(H,17,19)(H,20,21)(H,23,24)/t7-,8-/m0/s1/i4D/t4?,7-,8-. The minimum atomic E-state index is -1.27. The lowest BCUT2D eigenvalue weighted by atomic mass is 10.1. The first-order valence-corrected chi connectivity index (χ1v) is 8.04. The van der Waals surface area contributed by atoms with Gasteiger partial charge in [-0.15, -0.1) is 0 Å². The molecule has 0 aliphatic heterocycles. The second-order valence-electron chi connectivity index (χ2n) is 4.63. The van der Waals surface area contributed by atoms with Crippen LogP contribution in [0.4, 0.5) is 0 Å². The summed E-state index contributed by atoms with van der Waals surface area (Å²) in [7, 11) is 0. The third kappa shape index (κ3) is 11.6. The fraction of sp³-hybridized carbons (Fsp3) is 0.667. The molecule has 0 aromatic carbocycles. The number of nitrogens with zero attached hydrogens (tertiary/aromatic N) is 3. The molecule has 25 heavy (non-hydrogen) atoms. The lowest BCUT2D eigenvalue weighted by Crippen LogP contribution is -2.49. The summed E-state index contributed by atoms with van der Waals surface area (Å²) < 4.78 is 7.62. The van der Waals surface area contributed by atoms with Gasteiger partial charge in [0.05, 0.1) is 0 Å². The molecule has 0 aromatic rings. The number of rotatable bonds is 13. The zero-order chi connectivity index (χ0) is 20.1. The first-order chi connectivity index (χ1) is 12.2. The van der Waals surface area contributed by atoms with Crippen LogP contribution < -0.4 is 16.4 Å². The molecule has 0 aliphatic carbocycles. The fourth-order valence-electron chi connectivity index (χ4n) is 1.43. The van der Waals surface area contributed by atoms with Crippen LogP contribution in [0, 0.1) is 0 Å². The number of hydrogen-bond acceptors (Lipinski definition) is 7. The van der Waals surface area contributed by atoms with E-state index in [2.05, 4.69) is 20.7 Å². The van der Waals surface area contributed by atoms with Gasteiger partial charge in [0.2, 0.25) is 11.8 Å². The minimum absolute atomic E-state index is 0.0721. The van der Waals surface area contributed by atoms with Crippen LogP contribution in [0.1, 0.15) is 14.2 Å². The second kappa shape index (κ2) is 12.9. The highest BCUT2D eigenvalue weighted by Crippen LogP contribution is 2.05. The van der Waals surface area contributed by atoms with Crippen LogP contribution in [-0.4, -0.2) is 70.6 Å². The van der Waals surface area contributed by atoms with Gasteiger partial charge in [0.25, 0.3) is 0 Å². The topological polar surface area (TPSA) is 208 Å². The predicted octanol–water partition coefficient (Wildman–Crippen LogP) is -1.09. The van der Waals surface area contributed by atoms with Crippen LogP contribution in [0.25, 0.3) is 10.4 Å². The van der Waals surface area contributed by atoms with E-state index in [1.54, 1.807) is 0 Å². The molecule has 0 radical (unpaired) electrons. The van der Waals surface area contributed by atoms with Gasteiger partial charge < -0.3 is 26.6 Å². The van der Waals surface area contributed by atoms with Crippen LogP contribution in [0.5, 0.6) is 0 Å². The number of carboxylic acids is 2. The van der Waals surface area contributed by atoms with Gasteiger partial charge in [-0.3, -0.25) is 19.2 Å². The van der Waals surface area contributed by atoms with E-state index in [1.807, 2.05) is 0 Å². The molecule has 0 aliphatic rings. The summed E-state index contributed by atoms with van der Waals surface area (Å²) in [6, 6.07) is -2.37. The molecule has 6 N–H and O–H groups in total. The Morgan fingerprint density at radius 3 is 2.60 bits per heavy atom. The van der Waals surface area contributed by atoms with Gasteiger partial charge in [-0.05, 0) is 17.7 Å². The van der Waals surface area contributed by atoms with Crippen molar-refractivity contribution < 1.29 is 30.8 Å². The molecule has 13 heteroatoms. The minimum Gasteiger partial charge on any atom is -0.480 e. The monoisotopic (exact) mass is 377 g/mol. The van der Waals surface area contributed by atoms with Gasteiger partial charge in [-0.1, -0.05) is 5.11 Å². The molecular weight excluding hydrogens is 356 g/mol. The lowest BCUT2D eigenvalue weighted by Gasteiger charge is -2.18. The molecule has 2 amide bonds. The first-order valence-electron chi connectivity index (χ1n) is 7.57. The number of carboxylic acid groups (broad SMARTS) is 2. The van der Waals surface area contributed by atoms with Crippen molar-refractivity contribution >= 4 is 35.5 Å². The van der Waals surface area contributed by atoms with E-state index >= 15 is 0 Å². The normalized spacial score (nSPS) is 14.2. The smallest absolute Gasteiger partial charge is 0.322 e. The van der Waals surface area contributed by atoms with E-state index in [1.165, 1.54) is 0 Å². The van der Waals surface area contributed by atoms with E-state index in [4.69, 9.17) is 22.8 Å². The lowest BCUT2D eigenvalue weighted by molar-refractivity contribution is -0.139. The second-order valence-corrected chi connectivity index (χ2v) is 5.63. The maximum atomic E-state index is 12.0. The Morgan fingerprint density at radius 1 is 1.36 bits per heavy atom. The zero-order valence-electron chi connectivity index (χ0n) is 14.1. The van der Waals surface area contributed by atoms with E-state index in [-0.39, 0.29) is 25.1 Å². The van der Waals surface area contributed by atoms with Gasteiger partial charge in [0, 0.05) is 25.0 Å². The highest BCUT2D eigenvalue weighted by molar-refractivity contribution is 7.99. The van der Waals surface area contributed by atoms with Crippen LogP contribution in [0.15, 0.2) is 5.11 Å². The number of carbonyl (C=O) groups is 4. The number of amides is 2. The summed E-state index contributed by atoms with van der Waals surface area (Å²) in [6.45, 7) is -0.797. The van der Waals surface area contributed by atoms with Gasteiger partial charge >= 0.3 is 11.9 Å². The van der Waals surface area contributed by atoms with Crippen molar-refractivity contribution in [2.24, 2.45) is 10.8 Å². The average Bonchev–Trinajstić information content (AvgIpc) is 2.58. The van der Waals surface area contributed by atoms with Crippen molar-refractivity contribution in [2.75, 3.05) is 24.6 Å². The summed E-state index contributed by atoms with van der Waals surface area (Å²) in [5.74, 6) is -4.03. The number of nitrogens with two attached hydrogens (primary N) is 1. The summed E-state index contributed by atoms with van der Waals surface area (Å²) >= 11 is 0.918. The molecule has 0 fully saturated rings. The molecule has 0 aromatic heterocycles. The van der Waals surface area contributed by atoms with Crippen molar-refractivity contribution in [1.82, 2.24) is 10.6 Å². The Kier molecular flexibility index (Phi) is 10.6. The van der Waals surface area contributed by atoms with E-state index in [0.717, 1.165) is 11.8 Å². The Hall–Kier alpha value is -2.50. The van der Waals surface area contributed by atoms with E-state index in [0.29, 0.717) is 0 Å². The van der Waals surface area contributed by atoms with Gasteiger partial charge in [0.15, 0.2) is 0 Å². The largest absolute Gasteiger partial charge is 0.480 e. The summed E-state index contributed by atoms with van der Waals surface area (Å²) in [5.41, 5.74) is 12.6. The molecule has 0 saturated carbocycles. The summed E-state index contributed by atoms with van der Waals surface area (Å²) in [4.78, 5) is 47.5. The quantitative estimate of drug-likeness (QED) is 0.151. The molecule has 0 saturated heterocycles. The highest BCUT2D eigenvalue weighted by Gasteiger charge is 2.22. The predicted molar refractivity (Wildman–Crippen MR) is 88.8 cm³/mol. The third-order valence-corrected chi connectivity index (χ3v) is 3.58. The Bertz CT molecular complexity index is 572. The Balaban J connectivity index is 4.71. The van der Waals surface area contributed by atoms with Crippen LogP contribution in [0.2, 0.25) is 0 Å². The molecule has 3 atom stereocenters. The first kappa shape index (κ1) is 20.5. The molecule has 140 valence electrons. The summed E-state index contributed by atoms with van der Waals surface area (Å²) in [6.07, 6.45) is -0.389. The Morgan fingerprint density at radius 2 is 2.04 bits per heavy atom. The number of hydrogen-bond donors (Lipinski definition) is 5. The summed E-state index contributed by atoms with van der Waals surface area (Å²) in [5, 5.41) is 24.9. The number of thioether (sulfide) groups is 1. The fourth-order valence-corrected chi connectivity index (χ4v) is 2.17. The van der Waals surface area contributed by atoms with Crippen LogP contribution in [0.3, 0.4) is 0 Å². The number of azide groups is 1. The van der Waals surface area contributed by atoms with E-state index in [9.17, 15) is 19.2 Å². The average molecular weight is 377 g/mol. The molecule has 0 heterocycles. The van der Waals surface area contributed by atoms with Gasteiger partial charge in [-0.2, -0.15) is 11.8 Å². The van der Waals surface area contributed by atoms with E-state index < -0.39 is 48.1 Å². The molecular formula is C12H20N6O6S. The van der Waals surface area contributed by atoms with Crippen LogP contribution >= 0.6 is 11.8 Å². The van der Waals surface area contributed by atoms with Gasteiger partial charge in [0.1, 0.15) is 18.6 Å². The van der Waals surface area contributed by atoms with Crippen molar-refractivity contribution in [3.05, 3.63) is 10.4 Å². The number of carbonyl (C=O) groups excluding carboxylic acids is 2. The number of aliphatic carboxylic acids is 2. The molecule has 0 bridgehead atoms. The zero-order valence-corrected chi connectivity index (χ0v) is 13.9.